The summed E-state index contributed by atoms with van der Waals surface area (Å²) in [5.74, 6) is -0.546. The lowest BCUT2D eigenvalue weighted by Crippen LogP contribution is -2.19. The van der Waals surface area contributed by atoms with Crippen molar-refractivity contribution in [2.45, 2.75) is 25.4 Å². The van der Waals surface area contributed by atoms with Gasteiger partial charge in [0, 0.05) is 0 Å². The topological polar surface area (TPSA) is 66.8 Å². The molecule has 4 nitrogen and oxygen atoms in total. The third-order valence-electron chi connectivity index (χ3n) is 2.10. The number of aliphatic hydroxyl groups excluding tert-OH is 1. The van der Waals surface area contributed by atoms with E-state index >= 15 is 0 Å². The van der Waals surface area contributed by atoms with Crippen molar-refractivity contribution < 1.29 is 19.7 Å². The van der Waals surface area contributed by atoms with E-state index < -0.39 is 11.6 Å². The molecule has 86 valence electrons. The first-order chi connectivity index (χ1) is 6.96. The van der Waals surface area contributed by atoms with Gasteiger partial charge >= 0.3 is 5.97 Å². The van der Waals surface area contributed by atoms with E-state index in [4.69, 9.17) is 5.11 Å². The van der Waals surface area contributed by atoms with Gasteiger partial charge in [0.05, 0.1) is 24.9 Å². The lowest BCUT2D eigenvalue weighted by Gasteiger charge is -2.16. The summed E-state index contributed by atoms with van der Waals surface area (Å²) >= 11 is 0. The Bertz CT molecular complexity index is 253. The molecule has 0 aromatic heterocycles. The summed E-state index contributed by atoms with van der Waals surface area (Å²) < 4.78 is 4.46. The summed E-state index contributed by atoms with van der Waals surface area (Å²) in [4.78, 5) is 11.0. The third kappa shape index (κ3) is 5.34. The summed E-state index contributed by atoms with van der Waals surface area (Å²) in [7, 11) is 1.26. The van der Waals surface area contributed by atoms with E-state index in [-0.39, 0.29) is 12.2 Å². The standard InChI is InChI=1S/C11H18O4/c1-4-11(2,14)7-5-6-9(8-12)10(13)15-3/h4,6,12,14H,1,5,7-8H2,2-3H3/b9-6+. The molecule has 0 fully saturated rings. The first-order valence-corrected chi connectivity index (χ1v) is 4.71. The van der Waals surface area contributed by atoms with Crippen LogP contribution < -0.4 is 0 Å². The van der Waals surface area contributed by atoms with Crippen LogP contribution in [0.3, 0.4) is 0 Å². The van der Waals surface area contributed by atoms with Gasteiger partial charge < -0.3 is 14.9 Å². The molecule has 1 atom stereocenters. The average molecular weight is 214 g/mol. The fraction of sp³-hybridized carbons (Fsp3) is 0.545. The summed E-state index contributed by atoms with van der Waals surface area (Å²) in [5, 5.41) is 18.4. The molecule has 0 spiro atoms. The second-order valence-corrected chi connectivity index (χ2v) is 3.48. The Morgan fingerprint density at radius 2 is 2.20 bits per heavy atom. The largest absolute Gasteiger partial charge is 0.466 e. The molecular formula is C11H18O4. The van der Waals surface area contributed by atoms with Gasteiger partial charge in [-0.1, -0.05) is 12.2 Å². The van der Waals surface area contributed by atoms with E-state index in [1.54, 1.807) is 13.0 Å². The quantitative estimate of drug-likeness (QED) is 0.390. The predicted molar refractivity (Wildman–Crippen MR) is 57.2 cm³/mol. The summed E-state index contributed by atoms with van der Waals surface area (Å²) in [6.07, 6.45) is 3.92. The number of rotatable bonds is 6. The molecule has 4 heteroatoms. The molecule has 0 saturated heterocycles. The van der Waals surface area contributed by atoms with Gasteiger partial charge in [-0.05, 0) is 19.8 Å². The number of carbonyl (C=O) groups excluding carboxylic acids is 1. The normalized spacial score (nSPS) is 15.6. The molecule has 15 heavy (non-hydrogen) atoms. The highest BCUT2D eigenvalue weighted by Crippen LogP contribution is 2.14. The molecule has 0 aliphatic carbocycles. The third-order valence-corrected chi connectivity index (χ3v) is 2.10. The second kappa shape index (κ2) is 6.37. The van der Waals surface area contributed by atoms with Crippen LogP contribution in [0.15, 0.2) is 24.3 Å². The number of carbonyl (C=O) groups is 1. The minimum absolute atomic E-state index is 0.206. The molecule has 0 amide bonds. The van der Waals surface area contributed by atoms with Crippen LogP contribution in [0.25, 0.3) is 0 Å². The molecule has 0 bridgehead atoms. The maximum absolute atomic E-state index is 11.0. The monoisotopic (exact) mass is 214 g/mol. The van der Waals surface area contributed by atoms with Crippen molar-refractivity contribution in [2.75, 3.05) is 13.7 Å². The van der Waals surface area contributed by atoms with Crippen molar-refractivity contribution in [1.82, 2.24) is 0 Å². The zero-order valence-electron chi connectivity index (χ0n) is 9.19. The van der Waals surface area contributed by atoms with E-state index in [1.807, 2.05) is 0 Å². The fourth-order valence-electron chi connectivity index (χ4n) is 0.984. The Hall–Kier alpha value is -1.13. The van der Waals surface area contributed by atoms with Crippen molar-refractivity contribution in [1.29, 1.82) is 0 Å². The minimum atomic E-state index is -0.951. The minimum Gasteiger partial charge on any atom is -0.466 e. The van der Waals surface area contributed by atoms with Crippen molar-refractivity contribution >= 4 is 5.97 Å². The zero-order valence-corrected chi connectivity index (χ0v) is 9.19. The van der Waals surface area contributed by atoms with E-state index in [2.05, 4.69) is 11.3 Å². The highest BCUT2D eigenvalue weighted by molar-refractivity contribution is 5.88. The molecular weight excluding hydrogens is 196 g/mol. The Morgan fingerprint density at radius 1 is 1.60 bits per heavy atom. The molecule has 0 saturated carbocycles. The molecule has 2 N–H and O–H groups in total. The smallest absolute Gasteiger partial charge is 0.335 e. The van der Waals surface area contributed by atoms with E-state index in [9.17, 15) is 9.90 Å². The Balaban J connectivity index is 4.25. The van der Waals surface area contributed by atoms with E-state index in [0.717, 1.165) is 0 Å². The summed E-state index contributed by atoms with van der Waals surface area (Å²) in [6.45, 7) is 4.76. The first-order valence-electron chi connectivity index (χ1n) is 4.71. The molecule has 0 rings (SSSR count). The van der Waals surface area contributed by atoms with Gasteiger partial charge in [0.2, 0.25) is 0 Å². The highest BCUT2D eigenvalue weighted by Gasteiger charge is 2.14. The lowest BCUT2D eigenvalue weighted by molar-refractivity contribution is -0.136. The van der Waals surface area contributed by atoms with Crippen LogP contribution in [0.2, 0.25) is 0 Å². The summed E-state index contributed by atoms with van der Waals surface area (Å²) in [5.41, 5.74) is -0.745. The van der Waals surface area contributed by atoms with Crippen molar-refractivity contribution in [3.05, 3.63) is 24.3 Å². The van der Waals surface area contributed by atoms with Crippen molar-refractivity contribution in [3.63, 3.8) is 0 Å². The fourth-order valence-corrected chi connectivity index (χ4v) is 0.984. The molecule has 0 radical (unpaired) electrons. The molecule has 0 aromatic rings. The predicted octanol–water partition coefficient (Wildman–Crippen LogP) is 0.795. The van der Waals surface area contributed by atoms with Crippen LogP contribution in [0.1, 0.15) is 19.8 Å². The highest BCUT2D eigenvalue weighted by atomic mass is 16.5. The van der Waals surface area contributed by atoms with Crippen molar-refractivity contribution in [2.24, 2.45) is 0 Å². The van der Waals surface area contributed by atoms with Crippen LogP contribution in [0, 0.1) is 0 Å². The molecule has 0 aliphatic rings. The maximum Gasteiger partial charge on any atom is 0.335 e. The number of methoxy groups -OCH3 is 1. The number of allylic oxidation sites excluding steroid dienone is 1. The van der Waals surface area contributed by atoms with Crippen LogP contribution in [-0.2, 0) is 9.53 Å². The average Bonchev–Trinajstić information content (AvgIpc) is 2.23. The number of hydrogen-bond acceptors (Lipinski definition) is 4. The van der Waals surface area contributed by atoms with Gasteiger partial charge in [0.25, 0.3) is 0 Å². The van der Waals surface area contributed by atoms with Gasteiger partial charge in [-0.3, -0.25) is 0 Å². The Morgan fingerprint density at radius 3 is 2.60 bits per heavy atom. The van der Waals surface area contributed by atoms with Crippen molar-refractivity contribution in [3.8, 4) is 0 Å². The van der Waals surface area contributed by atoms with Crippen LogP contribution in [0.5, 0.6) is 0 Å². The van der Waals surface area contributed by atoms with Gasteiger partial charge in [0.15, 0.2) is 0 Å². The molecule has 0 aromatic carbocycles. The second-order valence-electron chi connectivity index (χ2n) is 3.48. The maximum atomic E-state index is 11.0. The van der Waals surface area contributed by atoms with Crippen LogP contribution in [-0.4, -0.2) is 35.5 Å². The SMILES string of the molecule is C=CC(C)(O)CC/C=C(\CO)C(=O)OC. The van der Waals surface area contributed by atoms with Gasteiger partial charge in [-0.15, -0.1) is 6.58 Å². The molecule has 0 aliphatic heterocycles. The van der Waals surface area contributed by atoms with Gasteiger partial charge in [0.1, 0.15) is 0 Å². The van der Waals surface area contributed by atoms with E-state index in [0.29, 0.717) is 12.8 Å². The number of ether oxygens (including phenoxy) is 1. The number of hydrogen-bond donors (Lipinski definition) is 2. The van der Waals surface area contributed by atoms with E-state index in [1.165, 1.54) is 13.2 Å². The van der Waals surface area contributed by atoms with Crippen LogP contribution in [0.4, 0.5) is 0 Å². The number of aliphatic hydroxyl groups is 2. The molecule has 0 heterocycles. The zero-order chi connectivity index (χ0) is 11.9. The molecule has 1 unspecified atom stereocenters. The first kappa shape index (κ1) is 13.9. The van der Waals surface area contributed by atoms with Crippen LogP contribution >= 0.6 is 0 Å². The number of esters is 1. The summed E-state index contributed by atoms with van der Waals surface area (Å²) in [6, 6.07) is 0. The lowest BCUT2D eigenvalue weighted by atomic mass is 10.00. The Labute approximate surface area is 89.9 Å². The van der Waals surface area contributed by atoms with Gasteiger partial charge in [-0.25, -0.2) is 4.79 Å². The van der Waals surface area contributed by atoms with Gasteiger partial charge in [-0.2, -0.15) is 0 Å². The Kier molecular flexibility index (Phi) is 5.89.